The summed E-state index contributed by atoms with van der Waals surface area (Å²) in [5.74, 6) is 2.21. The molecule has 218 valence electrons. The van der Waals surface area contributed by atoms with E-state index in [1.54, 1.807) is 6.20 Å². The number of benzene rings is 1. The van der Waals surface area contributed by atoms with Crippen LogP contribution in [0.3, 0.4) is 0 Å². The molecule has 1 aromatic heterocycles. The molecule has 4 heterocycles. The number of anilines is 3. The minimum Gasteiger partial charge on any atom is -0.364 e. The summed E-state index contributed by atoms with van der Waals surface area (Å²) in [5, 5.41) is 3.33. The molecule has 2 aliphatic carbocycles. The van der Waals surface area contributed by atoms with Crippen LogP contribution in [-0.4, -0.2) is 76.4 Å². The number of aromatic nitrogens is 2. The fourth-order valence-corrected chi connectivity index (χ4v) is 7.83. The smallest absolute Gasteiger partial charge is 0.271 e. The van der Waals surface area contributed by atoms with Crippen molar-refractivity contribution in [2.24, 2.45) is 17.6 Å². The van der Waals surface area contributed by atoms with E-state index in [1.807, 2.05) is 0 Å². The molecule has 0 unspecified atom stereocenters. The third kappa shape index (κ3) is 5.53. The van der Waals surface area contributed by atoms with Gasteiger partial charge in [-0.25, -0.2) is 9.97 Å². The van der Waals surface area contributed by atoms with E-state index in [4.69, 9.17) is 10.7 Å². The lowest BCUT2D eigenvalue weighted by Gasteiger charge is -2.39. The maximum atomic E-state index is 12.9. The van der Waals surface area contributed by atoms with E-state index >= 15 is 0 Å². The number of carbonyl (C=O) groups excluding carboxylic acids is 2. The summed E-state index contributed by atoms with van der Waals surface area (Å²) in [6, 6.07) is 9.59. The molecule has 9 nitrogen and oxygen atoms in total. The van der Waals surface area contributed by atoms with E-state index in [2.05, 4.69) is 49.3 Å². The molecule has 2 amide bonds. The number of nitrogens with zero attached hydrogens (tertiary/aromatic N) is 5. The van der Waals surface area contributed by atoms with E-state index in [-0.39, 0.29) is 17.7 Å². The van der Waals surface area contributed by atoms with Crippen LogP contribution in [0.5, 0.6) is 0 Å². The number of amides is 2. The van der Waals surface area contributed by atoms with Gasteiger partial charge >= 0.3 is 0 Å². The number of rotatable bonds is 7. The third-order valence-electron chi connectivity index (χ3n) is 10.4. The minimum atomic E-state index is -0.604. The molecule has 2 saturated carbocycles. The molecule has 5 fully saturated rings. The van der Waals surface area contributed by atoms with Gasteiger partial charge in [0, 0.05) is 37.3 Å². The first-order chi connectivity index (χ1) is 20.0. The van der Waals surface area contributed by atoms with Crippen molar-refractivity contribution in [3.05, 3.63) is 41.7 Å². The average Bonchev–Trinajstić information content (AvgIpc) is 3.53. The van der Waals surface area contributed by atoms with Gasteiger partial charge < -0.3 is 25.8 Å². The van der Waals surface area contributed by atoms with Crippen LogP contribution in [0.2, 0.25) is 0 Å². The Morgan fingerprint density at radius 1 is 0.878 bits per heavy atom. The van der Waals surface area contributed by atoms with Crippen molar-refractivity contribution in [2.45, 2.75) is 82.2 Å². The van der Waals surface area contributed by atoms with Gasteiger partial charge in [0.15, 0.2) is 11.5 Å². The molecular weight excluding hydrogens is 514 g/mol. The third-order valence-corrected chi connectivity index (χ3v) is 10.4. The number of hydrogen-bond acceptors (Lipinski definition) is 7. The van der Waals surface area contributed by atoms with Crippen LogP contribution in [-0.2, 0) is 4.79 Å². The van der Waals surface area contributed by atoms with E-state index < -0.39 is 5.91 Å². The largest absolute Gasteiger partial charge is 0.364 e. The summed E-state index contributed by atoms with van der Waals surface area (Å²) in [5.41, 5.74) is 8.06. The quantitative estimate of drug-likeness (QED) is 0.523. The van der Waals surface area contributed by atoms with Crippen LogP contribution >= 0.6 is 0 Å². The Kier molecular flexibility index (Phi) is 7.31. The topological polar surface area (TPSA) is 108 Å². The van der Waals surface area contributed by atoms with Crippen LogP contribution < -0.4 is 16.0 Å². The van der Waals surface area contributed by atoms with Crippen LogP contribution in [0.25, 0.3) is 0 Å². The predicted octanol–water partition coefficient (Wildman–Crippen LogP) is 4.28. The maximum Gasteiger partial charge on any atom is 0.271 e. The first-order valence-corrected chi connectivity index (χ1v) is 15.9. The number of piperidine rings is 2. The number of nitrogens with two attached hydrogens (primary N) is 1. The number of primary amides is 1. The summed E-state index contributed by atoms with van der Waals surface area (Å²) in [7, 11) is 0. The zero-order valence-electron chi connectivity index (χ0n) is 24.0. The SMILES string of the molecule is NC(=O)c1ncc(N2CC[C@H]3CCN(C(=O)C4CC4)[C@H]3C2)nc1Nc1ccc(C2CCN(C3CCCC3)CC2)cc1. The highest BCUT2D eigenvalue weighted by Gasteiger charge is 2.44. The van der Waals surface area contributed by atoms with Crippen molar-refractivity contribution < 1.29 is 9.59 Å². The van der Waals surface area contributed by atoms with Gasteiger partial charge in [0.25, 0.3) is 5.91 Å². The van der Waals surface area contributed by atoms with E-state index in [9.17, 15) is 9.59 Å². The first-order valence-electron chi connectivity index (χ1n) is 15.9. The molecule has 3 saturated heterocycles. The van der Waals surface area contributed by atoms with E-state index in [0.717, 1.165) is 57.0 Å². The number of hydrogen-bond donors (Lipinski definition) is 2. The summed E-state index contributed by atoms with van der Waals surface area (Å²) in [6.07, 6.45) is 13.8. The van der Waals surface area contributed by atoms with Crippen molar-refractivity contribution in [1.82, 2.24) is 19.8 Å². The summed E-state index contributed by atoms with van der Waals surface area (Å²) < 4.78 is 0. The molecule has 7 rings (SSSR count). The Labute approximate surface area is 242 Å². The average molecular weight is 558 g/mol. The summed E-state index contributed by atoms with van der Waals surface area (Å²) in [6.45, 7) is 4.88. The highest BCUT2D eigenvalue weighted by molar-refractivity contribution is 5.96. The van der Waals surface area contributed by atoms with Gasteiger partial charge in [-0.05, 0) is 94.0 Å². The molecule has 0 radical (unpaired) electrons. The van der Waals surface area contributed by atoms with Gasteiger partial charge in [0.1, 0.15) is 5.82 Å². The normalized spacial score (nSPS) is 25.9. The molecule has 2 atom stereocenters. The summed E-state index contributed by atoms with van der Waals surface area (Å²) >= 11 is 0. The van der Waals surface area contributed by atoms with Gasteiger partial charge in [-0.1, -0.05) is 25.0 Å². The fraction of sp³-hybridized carbons (Fsp3) is 0.625. The van der Waals surface area contributed by atoms with E-state index in [0.29, 0.717) is 29.4 Å². The highest BCUT2D eigenvalue weighted by atomic mass is 16.2. The Morgan fingerprint density at radius 3 is 2.32 bits per heavy atom. The second-order valence-corrected chi connectivity index (χ2v) is 12.9. The first kappa shape index (κ1) is 26.7. The fourth-order valence-electron chi connectivity index (χ4n) is 7.83. The van der Waals surface area contributed by atoms with Gasteiger partial charge in [0.2, 0.25) is 5.91 Å². The van der Waals surface area contributed by atoms with Crippen molar-refractivity contribution >= 4 is 29.1 Å². The lowest BCUT2D eigenvalue weighted by molar-refractivity contribution is -0.133. The molecule has 3 aliphatic heterocycles. The van der Waals surface area contributed by atoms with Gasteiger partial charge in [-0.15, -0.1) is 0 Å². The zero-order valence-corrected chi connectivity index (χ0v) is 24.0. The standard InChI is InChI=1S/C32H43N7O2/c33-30(40)29-31(35-25-9-7-21(8-10-25)22-11-15-37(16-12-22)26-3-1-2-4-26)36-28(19-34-29)38-17-13-23-14-18-39(27(23)20-38)32(41)24-5-6-24/h7-10,19,22-24,26-27H,1-6,11-18,20H2,(H2,33,40)(H,35,36)/t23-,27-/m0/s1. The van der Waals surface area contributed by atoms with Gasteiger partial charge in [-0.2, -0.15) is 0 Å². The molecule has 2 aromatic rings. The Balaban J connectivity index is 1.03. The number of carbonyl (C=O) groups is 2. The van der Waals surface area contributed by atoms with E-state index in [1.165, 1.54) is 57.2 Å². The van der Waals surface area contributed by atoms with Crippen molar-refractivity contribution in [3.8, 4) is 0 Å². The van der Waals surface area contributed by atoms with Crippen molar-refractivity contribution in [3.63, 3.8) is 0 Å². The van der Waals surface area contributed by atoms with Crippen LogP contribution in [0.15, 0.2) is 30.5 Å². The Morgan fingerprint density at radius 2 is 1.61 bits per heavy atom. The molecule has 0 bridgehead atoms. The molecule has 0 spiro atoms. The monoisotopic (exact) mass is 557 g/mol. The number of fused-ring (bicyclic) bond motifs is 1. The lowest BCUT2D eigenvalue weighted by Crippen LogP contribution is -2.50. The van der Waals surface area contributed by atoms with Gasteiger partial charge in [-0.3, -0.25) is 9.59 Å². The number of likely N-dealkylation sites (tertiary alicyclic amines) is 2. The highest BCUT2D eigenvalue weighted by Crippen LogP contribution is 2.39. The molecule has 5 aliphatic rings. The van der Waals surface area contributed by atoms with Crippen molar-refractivity contribution in [1.29, 1.82) is 0 Å². The Bertz CT molecular complexity index is 1270. The predicted molar refractivity (Wildman–Crippen MR) is 159 cm³/mol. The second kappa shape index (κ2) is 11.2. The van der Waals surface area contributed by atoms with Crippen LogP contribution in [0.4, 0.5) is 17.3 Å². The van der Waals surface area contributed by atoms with Crippen LogP contribution in [0.1, 0.15) is 86.2 Å². The molecule has 3 N–H and O–H groups in total. The number of nitrogens with one attached hydrogen (secondary N) is 1. The molecule has 41 heavy (non-hydrogen) atoms. The molecule has 1 aromatic carbocycles. The molecule has 9 heteroatoms. The van der Waals surface area contributed by atoms with Gasteiger partial charge in [0.05, 0.1) is 12.2 Å². The lowest BCUT2D eigenvalue weighted by atomic mass is 9.88. The Hall–Kier alpha value is -3.20. The minimum absolute atomic E-state index is 0.137. The molecular formula is C32H43N7O2. The second-order valence-electron chi connectivity index (χ2n) is 12.9. The van der Waals surface area contributed by atoms with Crippen LogP contribution in [0, 0.1) is 11.8 Å². The summed E-state index contributed by atoms with van der Waals surface area (Å²) in [4.78, 5) is 41.5. The zero-order chi connectivity index (χ0) is 27.9. The van der Waals surface area contributed by atoms with Crippen molar-refractivity contribution in [2.75, 3.05) is 42.9 Å². The maximum absolute atomic E-state index is 12.9.